The van der Waals surface area contributed by atoms with E-state index in [1.165, 1.54) is 6.92 Å². The lowest BCUT2D eigenvalue weighted by Gasteiger charge is -2.03. The van der Waals surface area contributed by atoms with Crippen LogP contribution < -0.4 is 11.5 Å². The van der Waals surface area contributed by atoms with Gasteiger partial charge in [0.2, 0.25) is 0 Å². The molecule has 0 aliphatic rings. The van der Waals surface area contributed by atoms with Crippen LogP contribution in [0, 0.1) is 0 Å². The lowest BCUT2D eigenvalue weighted by Crippen LogP contribution is -2.50. The molecule has 3 heteroatoms. The van der Waals surface area contributed by atoms with Crippen molar-refractivity contribution in [2.45, 2.75) is 25.8 Å². The van der Waals surface area contributed by atoms with E-state index in [9.17, 15) is 4.79 Å². The predicted octanol–water partition coefficient (Wildman–Crippen LogP) is -1.08. The second kappa shape index (κ2) is 4.47. The number of quaternary nitrogens is 1. The molecule has 0 radical (unpaired) electrons. The zero-order chi connectivity index (χ0) is 7.28. The third-order valence-corrected chi connectivity index (χ3v) is 1.29. The average Bonchev–Trinajstić information content (AvgIpc) is 1.82. The van der Waals surface area contributed by atoms with Gasteiger partial charge >= 0.3 is 0 Å². The summed E-state index contributed by atoms with van der Waals surface area (Å²) >= 11 is 0. The van der Waals surface area contributed by atoms with Crippen LogP contribution in [0.2, 0.25) is 0 Å². The number of hydrogen-bond acceptors (Lipinski definition) is 2. The summed E-state index contributed by atoms with van der Waals surface area (Å²) in [4.78, 5) is 10.5. The third kappa shape index (κ3) is 4.12. The minimum atomic E-state index is -0.258. The Morgan fingerprint density at radius 1 is 1.78 bits per heavy atom. The molecule has 3 nitrogen and oxygen atoms in total. The fraction of sp³-hybridized carbons (Fsp3) is 0.833. The van der Waals surface area contributed by atoms with Crippen LogP contribution in [-0.4, -0.2) is 18.4 Å². The van der Waals surface area contributed by atoms with Gasteiger partial charge in [-0.25, -0.2) is 0 Å². The second-order valence-electron chi connectivity index (χ2n) is 2.21. The van der Waals surface area contributed by atoms with Crippen LogP contribution >= 0.6 is 0 Å². The molecule has 54 valence electrons. The van der Waals surface area contributed by atoms with E-state index in [0.717, 1.165) is 19.4 Å². The molecule has 0 aromatic carbocycles. The van der Waals surface area contributed by atoms with Gasteiger partial charge < -0.3 is 11.5 Å². The Morgan fingerprint density at radius 3 is 2.67 bits per heavy atom. The quantitative estimate of drug-likeness (QED) is 0.509. The van der Waals surface area contributed by atoms with Gasteiger partial charge in [0.1, 0.15) is 5.78 Å². The van der Waals surface area contributed by atoms with Crippen molar-refractivity contribution in [3.05, 3.63) is 0 Å². The molecule has 0 saturated carbocycles. The van der Waals surface area contributed by atoms with Gasteiger partial charge in [0.15, 0.2) is 0 Å². The molecule has 1 unspecified atom stereocenters. The van der Waals surface area contributed by atoms with Crippen LogP contribution in [-0.2, 0) is 4.79 Å². The van der Waals surface area contributed by atoms with Crippen LogP contribution in [0.5, 0.6) is 0 Å². The first-order chi connectivity index (χ1) is 4.18. The summed E-state index contributed by atoms with van der Waals surface area (Å²) in [6.07, 6.45) is 1.72. The van der Waals surface area contributed by atoms with Crippen molar-refractivity contribution in [3.8, 4) is 0 Å². The number of ketones is 1. The monoisotopic (exact) mass is 131 g/mol. The van der Waals surface area contributed by atoms with Crippen LogP contribution in [0.15, 0.2) is 0 Å². The molecule has 0 aliphatic carbocycles. The number of carbonyl (C=O) groups is 1. The largest absolute Gasteiger partial charge is 0.358 e. The molecule has 0 bridgehead atoms. The summed E-state index contributed by atoms with van der Waals surface area (Å²) in [5.41, 5.74) is 9.08. The molecule has 0 heterocycles. The van der Waals surface area contributed by atoms with Crippen LogP contribution in [0.1, 0.15) is 19.8 Å². The Morgan fingerprint density at radius 2 is 2.33 bits per heavy atom. The molecule has 5 N–H and O–H groups in total. The smallest absolute Gasteiger partial charge is 0.146 e. The molecule has 1 atom stereocenters. The molecular weight excluding hydrogens is 116 g/mol. The van der Waals surface area contributed by atoms with E-state index >= 15 is 0 Å². The first-order valence-electron chi connectivity index (χ1n) is 3.23. The van der Waals surface area contributed by atoms with E-state index in [4.69, 9.17) is 5.73 Å². The van der Waals surface area contributed by atoms with E-state index in [-0.39, 0.29) is 11.8 Å². The molecule has 9 heavy (non-hydrogen) atoms. The lowest BCUT2D eigenvalue weighted by atomic mass is 10.1. The fourth-order valence-corrected chi connectivity index (χ4v) is 0.568. The van der Waals surface area contributed by atoms with Gasteiger partial charge in [-0.05, 0) is 19.8 Å². The van der Waals surface area contributed by atoms with Gasteiger partial charge in [0.25, 0.3) is 0 Å². The predicted molar refractivity (Wildman–Crippen MR) is 35.6 cm³/mol. The highest BCUT2D eigenvalue weighted by Gasteiger charge is 2.05. The van der Waals surface area contributed by atoms with Crippen LogP contribution in [0.3, 0.4) is 0 Å². The molecule has 0 amide bonds. The average molecular weight is 131 g/mol. The van der Waals surface area contributed by atoms with Crippen molar-refractivity contribution >= 4 is 5.78 Å². The van der Waals surface area contributed by atoms with E-state index in [2.05, 4.69) is 5.73 Å². The molecule has 0 aliphatic heterocycles. The highest BCUT2D eigenvalue weighted by molar-refractivity contribution is 5.80. The van der Waals surface area contributed by atoms with Crippen molar-refractivity contribution in [2.24, 2.45) is 5.73 Å². The highest BCUT2D eigenvalue weighted by Crippen LogP contribution is 1.91. The Hall–Kier alpha value is -0.410. The number of hydrogen-bond donors (Lipinski definition) is 2. The minimum Gasteiger partial charge on any atom is -0.358 e. The molecule has 0 aromatic heterocycles. The first-order valence-corrected chi connectivity index (χ1v) is 3.23. The zero-order valence-corrected chi connectivity index (χ0v) is 5.89. The van der Waals surface area contributed by atoms with Crippen molar-refractivity contribution in [1.82, 2.24) is 0 Å². The summed E-state index contributed by atoms with van der Waals surface area (Å²) in [6, 6.07) is -0.258. The van der Waals surface area contributed by atoms with Gasteiger partial charge in [0.05, 0.1) is 12.6 Å². The summed E-state index contributed by atoms with van der Waals surface area (Å²) < 4.78 is 0. The molecule has 0 rings (SSSR count). The summed E-state index contributed by atoms with van der Waals surface area (Å²) in [7, 11) is 0. The highest BCUT2D eigenvalue weighted by atomic mass is 16.1. The molecule has 0 aromatic rings. The first kappa shape index (κ1) is 8.59. The van der Waals surface area contributed by atoms with Crippen LogP contribution in [0.4, 0.5) is 0 Å². The van der Waals surface area contributed by atoms with E-state index in [1.807, 2.05) is 0 Å². The standard InChI is InChI=1S/C6H14N2O/c1-5(9)6(8)3-2-4-7/h6H,2-4,7-8H2,1H3/p+1. The summed E-state index contributed by atoms with van der Waals surface area (Å²) in [5, 5.41) is 0. The lowest BCUT2D eigenvalue weighted by molar-refractivity contribution is -0.368. The number of rotatable bonds is 4. The molecule has 0 fully saturated rings. The third-order valence-electron chi connectivity index (χ3n) is 1.29. The summed E-state index contributed by atoms with van der Waals surface area (Å²) in [5.74, 6) is 0.0726. The van der Waals surface area contributed by atoms with Gasteiger partial charge in [0, 0.05) is 0 Å². The Labute approximate surface area is 55.4 Å². The van der Waals surface area contributed by atoms with E-state index in [0.29, 0.717) is 0 Å². The van der Waals surface area contributed by atoms with Crippen molar-refractivity contribution in [2.75, 3.05) is 6.54 Å². The molecular formula is C6H15N2O+. The number of Topliss-reactive ketones (excluding diaryl/α,β-unsaturated/α-hetero) is 1. The Bertz CT molecular complexity index is 93.1. The SMILES string of the molecule is CC(=O)C(N)CCC[NH3+]. The van der Waals surface area contributed by atoms with E-state index in [1.54, 1.807) is 0 Å². The van der Waals surface area contributed by atoms with Gasteiger partial charge in [-0.2, -0.15) is 0 Å². The number of nitrogens with two attached hydrogens (primary N) is 1. The maximum Gasteiger partial charge on any atom is 0.146 e. The normalized spacial score (nSPS) is 13.2. The van der Waals surface area contributed by atoms with Crippen molar-refractivity contribution in [1.29, 1.82) is 0 Å². The van der Waals surface area contributed by atoms with Crippen LogP contribution in [0.25, 0.3) is 0 Å². The number of carbonyl (C=O) groups excluding carboxylic acids is 1. The molecule has 0 saturated heterocycles. The van der Waals surface area contributed by atoms with E-state index < -0.39 is 0 Å². The maximum atomic E-state index is 10.5. The Kier molecular flexibility index (Phi) is 4.26. The Balaban J connectivity index is 3.27. The topological polar surface area (TPSA) is 70.7 Å². The van der Waals surface area contributed by atoms with Crippen molar-refractivity contribution in [3.63, 3.8) is 0 Å². The zero-order valence-electron chi connectivity index (χ0n) is 5.89. The minimum absolute atomic E-state index is 0.0726. The van der Waals surface area contributed by atoms with Gasteiger partial charge in [-0.1, -0.05) is 0 Å². The van der Waals surface area contributed by atoms with Gasteiger partial charge in [-0.3, -0.25) is 4.79 Å². The fourth-order valence-electron chi connectivity index (χ4n) is 0.568. The summed E-state index contributed by atoms with van der Waals surface area (Å²) in [6.45, 7) is 2.38. The molecule has 0 spiro atoms. The maximum absolute atomic E-state index is 10.5. The second-order valence-corrected chi connectivity index (χ2v) is 2.21. The van der Waals surface area contributed by atoms with Gasteiger partial charge in [-0.15, -0.1) is 0 Å². The van der Waals surface area contributed by atoms with Crippen molar-refractivity contribution < 1.29 is 10.5 Å².